The van der Waals surface area contributed by atoms with Crippen molar-refractivity contribution in [3.05, 3.63) is 59.7 Å². The van der Waals surface area contributed by atoms with Crippen molar-refractivity contribution >= 4 is 17.8 Å². The SMILES string of the molecule is O=C(C1CCCN(c2nc(-c3cccc(O)c3)nc(N3CCc4ccccc4[C@@H]3CO)n2)C1)N1CCC(O)CC1. The van der Waals surface area contributed by atoms with Crippen LogP contribution in [0.25, 0.3) is 11.4 Å². The predicted molar refractivity (Wildman–Crippen MR) is 151 cm³/mol. The molecule has 0 radical (unpaired) electrons. The number of fused-ring (bicyclic) bond motifs is 1. The number of carbonyl (C=O) groups is 1. The number of phenols is 1. The Bertz CT molecular complexity index is 1360. The second kappa shape index (κ2) is 11.4. The molecule has 1 amide bonds. The number of likely N-dealkylation sites (tertiary alicyclic amines) is 1. The molecule has 1 unspecified atom stereocenters. The molecule has 3 aliphatic heterocycles. The minimum Gasteiger partial charge on any atom is -0.508 e. The summed E-state index contributed by atoms with van der Waals surface area (Å²) in [4.78, 5) is 33.9. The number of aromatic nitrogens is 3. The molecule has 10 nitrogen and oxygen atoms in total. The summed E-state index contributed by atoms with van der Waals surface area (Å²) in [5, 5.41) is 30.5. The van der Waals surface area contributed by atoms with Crippen molar-refractivity contribution in [1.82, 2.24) is 19.9 Å². The number of aromatic hydroxyl groups is 1. The van der Waals surface area contributed by atoms with Crippen molar-refractivity contribution in [3.63, 3.8) is 0 Å². The highest BCUT2D eigenvalue weighted by molar-refractivity contribution is 5.80. The van der Waals surface area contributed by atoms with E-state index in [0.29, 0.717) is 62.3 Å². The lowest BCUT2D eigenvalue weighted by atomic mass is 9.93. The van der Waals surface area contributed by atoms with Crippen LogP contribution in [-0.2, 0) is 11.2 Å². The van der Waals surface area contributed by atoms with Gasteiger partial charge >= 0.3 is 0 Å². The molecular weight excluding hydrogens is 508 g/mol. The van der Waals surface area contributed by atoms with Crippen LogP contribution in [0.2, 0.25) is 0 Å². The Morgan fingerprint density at radius 2 is 1.73 bits per heavy atom. The Kier molecular flexibility index (Phi) is 7.53. The third-order valence-electron chi connectivity index (χ3n) is 8.39. The zero-order chi connectivity index (χ0) is 27.6. The van der Waals surface area contributed by atoms with Crippen molar-refractivity contribution < 1.29 is 20.1 Å². The molecule has 1 aromatic heterocycles. The summed E-state index contributed by atoms with van der Waals surface area (Å²) in [6.45, 7) is 2.97. The second-order valence-electron chi connectivity index (χ2n) is 11.0. The number of piperidine rings is 2. The number of anilines is 2. The van der Waals surface area contributed by atoms with Gasteiger partial charge in [-0.25, -0.2) is 0 Å². The van der Waals surface area contributed by atoms with Crippen molar-refractivity contribution in [1.29, 1.82) is 0 Å². The molecule has 10 heteroatoms. The quantitative estimate of drug-likeness (QED) is 0.444. The molecule has 2 aromatic carbocycles. The maximum absolute atomic E-state index is 13.4. The number of rotatable bonds is 5. The van der Waals surface area contributed by atoms with Crippen molar-refractivity contribution in [2.24, 2.45) is 5.92 Å². The van der Waals surface area contributed by atoms with Crippen LogP contribution >= 0.6 is 0 Å². The lowest BCUT2D eigenvalue weighted by Gasteiger charge is -2.38. The molecule has 40 heavy (non-hydrogen) atoms. The fourth-order valence-corrected chi connectivity index (χ4v) is 6.19. The average Bonchev–Trinajstić information content (AvgIpc) is 3.00. The fourth-order valence-electron chi connectivity index (χ4n) is 6.19. The molecule has 2 fully saturated rings. The molecular formula is C30H36N6O4. The summed E-state index contributed by atoms with van der Waals surface area (Å²) in [6.07, 6.45) is 3.37. The van der Waals surface area contributed by atoms with E-state index in [2.05, 4.69) is 11.0 Å². The second-order valence-corrected chi connectivity index (χ2v) is 11.0. The van der Waals surface area contributed by atoms with E-state index < -0.39 is 0 Å². The van der Waals surface area contributed by atoms with E-state index in [9.17, 15) is 20.1 Å². The lowest BCUT2D eigenvalue weighted by Crippen LogP contribution is -2.48. The molecule has 210 valence electrons. The zero-order valence-electron chi connectivity index (χ0n) is 22.6. The van der Waals surface area contributed by atoms with Crippen LogP contribution in [0.15, 0.2) is 48.5 Å². The van der Waals surface area contributed by atoms with Gasteiger partial charge in [-0.15, -0.1) is 0 Å². The van der Waals surface area contributed by atoms with Crippen molar-refractivity contribution in [2.75, 3.05) is 49.1 Å². The van der Waals surface area contributed by atoms with Gasteiger partial charge in [-0.3, -0.25) is 4.79 Å². The first-order valence-corrected chi connectivity index (χ1v) is 14.2. The summed E-state index contributed by atoms with van der Waals surface area (Å²) >= 11 is 0. The number of aliphatic hydroxyl groups is 2. The summed E-state index contributed by atoms with van der Waals surface area (Å²) in [6, 6.07) is 14.7. The number of hydrogen-bond donors (Lipinski definition) is 3. The summed E-state index contributed by atoms with van der Waals surface area (Å²) in [7, 11) is 0. The topological polar surface area (TPSA) is 126 Å². The molecule has 6 rings (SSSR count). The van der Waals surface area contributed by atoms with Gasteiger partial charge in [0.05, 0.1) is 24.7 Å². The number of phenolic OH excluding ortho intramolecular Hbond substituents is 1. The maximum atomic E-state index is 13.4. The number of amides is 1. The minimum absolute atomic E-state index is 0.0791. The smallest absolute Gasteiger partial charge is 0.231 e. The van der Waals surface area contributed by atoms with Gasteiger partial charge in [0.2, 0.25) is 17.8 Å². The number of nitrogens with zero attached hydrogens (tertiary/aromatic N) is 6. The van der Waals surface area contributed by atoms with Gasteiger partial charge in [0.25, 0.3) is 0 Å². The Morgan fingerprint density at radius 1 is 0.925 bits per heavy atom. The van der Waals surface area contributed by atoms with Gasteiger partial charge in [-0.1, -0.05) is 36.4 Å². The van der Waals surface area contributed by atoms with Crippen LogP contribution in [0, 0.1) is 5.92 Å². The standard InChI is InChI=1S/C30H36N6O4/c37-19-26-25-9-2-1-5-20(25)10-16-36(26)30-32-27(21-6-3-8-24(39)17-21)31-29(33-30)35-13-4-7-22(18-35)28(40)34-14-11-23(38)12-15-34/h1-3,5-6,8-9,17,22-23,26,37-39H,4,7,10-16,18-19H2/t22?,26-/m0/s1. The first-order chi connectivity index (χ1) is 19.5. The molecule has 0 bridgehead atoms. The van der Waals surface area contributed by atoms with E-state index in [1.165, 1.54) is 5.56 Å². The molecule has 3 N–H and O–H groups in total. The van der Waals surface area contributed by atoms with E-state index in [0.717, 1.165) is 31.4 Å². The number of benzene rings is 2. The molecule has 0 aliphatic carbocycles. The largest absolute Gasteiger partial charge is 0.508 e. The minimum atomic E-state index is -0.323. The van der Waals surface area contributed by atoms with Gasteiger partial charge in [0.15, 0.2) is 5.82 Å². The lowest BCUT2D eigenvalue weighted by molar-refractivity contribution is -0.137. The zero-order valence-corrected chi connectivity index (χ0v) is 22.6. The first-order valence-electron chi connectivity index (χ1n) is 14.2. The van der Waals surface area contributed by atoms with Crippen LogP contribution in [0.1, 0.15) is 42.9 Å². The Morgan fingerprint density at radius 3 is 2.52 bits per heavy atom. The first kappa shape index (κ1) is 26.5. The monoisotopic (exact) mass is 544 g/mol. The van der Waals surface area contributed by atoms with Gasteiger partial charge in [0.1, 0.15) is 5.75 Å². The molecule has 4 heterocycles. The molecule has 2 atom stereocenters. The van der Waals surface area contributed by atoms with Crippen LogP contribution in [0.5, 0.6) is 5.75 Å². The van der Waals surface area contributed by atoms with Crippen LogP contribution in [0.3, 0.4) is 0 Å². The predicted octanol–water partition coefficient (Wildman–Crippen LogP) is 2.54. The van der Waals surface area contributed by atoms with Gasteiger partial charge < -0.3 is 30.0 Å². The van der Waals surface area contributed by atoms with Gasteiger partial charge in [-0.2, -0.15) is 15.0 Å². The molecule has 3 aromatic rings. The Hall–Kier alpha value is -3.76. The van der Waals surface area contributed by atoms with Crippen LogP contribution < -0.4 is 9.80 Å². The third kappa shape index (κ3) is 5.33. The van der Waals surface area contributed by atoms with Gasteiger partial charge in [0, 0.05) is 38.3 Å². The molecule has 2 saturated heterocycles. The number of carbonyl (C=O) groups excluding carboxylic acids is 1. The van der Waals surface area contributed by atoms with E-state index in [-0.39, 0.29) is 36.3 Å². The van der Waals surface area contributed by atoms with Crippen LogP contribution in [-0.4, -0.2) is 86.5 Å². The van der Waals surface area contributed by atoms with Crippen molar-refractivity contribution in [3.8, 4) is 17.1 Å². The Labute approximate surface area is 233 Å². The maximum Gasteiger partial charge on any atom is 0.231 e. The highest BCUT2D eigenvalue weighted by atomic mass is 16.3. The van der Waals surface area contributed by atoms with E-state index >= 15 is 0 Å². The number of hydrogen-bond acceptors (Lipinski definition) is 9. The highest BCUT2D eigenvalue weighted by Gasteiger charge is 2.34. The molecule has 0 saturated carbocycles. The number of aliphatic hydroxyl groups excluding tert-OH is 2. The Balaban J connectivity index is 1.33. The van der Waals surface area contributed by atoms with Crippen molar-refractivity contribution in [2.45, 2.75) is 44.2 Å². The third-order valence-corrected chi connectivity index (χ3v) is 8.39. The van der Waals surface area contributed by atoms with E-state index in [1.54, 1.807) is 18.2 Å². The average molecular weight is 545 g/mol. The van der Waals surface area contributed by atoms with E-state index in [4.69, 9.17) is 15.0 Å². The molecule has 0 spiro atoms. The highest BCUT2D eigenvalue weighted by Crippen LogP contribution is 2.34. The normalized spacial score (nSPS) is 21.8. The fraction of sp³-hybridized carbons (Fsp3) is 0.467. The summed E-state index contributed by atoms with van der Waals surface area (Å²) in [5.74, 6) is 1.48. The molecule has 3 aliphatic rings. The summed E-state index contributed by atoms with van der Waals surface area (Å²) < 4.78 is 0. The summed E-state index contributed by atoms with van der Waals surface area (Å²) in [5.41, 5.74) is 2.94. The van der Waals surface area contributed by atoms with E-state index in [1.807, 2.05) is 34.1 Å². The van der Waals surface area contributed by atoms with Crippen LogP contribution in [0.4, 0.5) is 11.9 Å². The van der Waals surface area contributed by atoms with Gasteiger partial charge in [-0.05, 0) is 55.4 Å².